The molecule has 1 aliphatic heterocycles. The van der Waals surface area contributed by atoms with Gasteiger partial charge in [-0.2, -0.15) is 0 Å². The molecule has 1 atom stereocenters. The Morgan fingerprint density at radius 3 is 2.32 bits per heavy atom. The Bertz CT molecular complexity index is 1270. The third-order valence-corrected chi connectivity index (χ3v) is 6.33. The molecule has 0 radical (unpaired) electrons. The van der Waals surface area contributed by atoms with Gasteiger partial charge in [0.2, 0.25) is 5.91 Å². The van der Waals surface area contributed by atoms with E-state index >= 15 is 0 Å². The van der Waals surface area contributed by atoms with Gasteiger partial charge in [-0.25, -0.2) is 18.4 Å². The van der Waals surface area contributed by atoms with Crippen LogP contribution in [-0.4, -0.2) is 58.5 Å². The van der Waals surface area contributed by atoms with E-state index in [1.807, 2.05) is 0 Å². The molecular weight excluding hydrogens is 486 g/mol. The summed E-state index contributed by atoms with van der Waals surface area (Å²) in [5, 5.41) is 5.06. The van der Waals surface area contributed by atoms with Crippen molar-refractivity contribution in [2.75, 3.05) is 18.9 Å². The summed E-state index contributed by atoms with van der Waals surface area (Å²) in [5.41, 5.74) is 0.458. The van der Waals surface area contributed by atoms with Crippen molar-refractivity contribution in [3.8, 4) is 0 Å². The highest BCUT2D eigenvalue weighted by Gasteiger charge is 2.54. The fourth-order valence-corrected chi connectivity index (χ4v) is 4.58. The summed E-state index contributed by atoms with van der Waals surface area (Å²) < 4.78 is 32.8. The lowest BCUT2D eigenvalue weighted by Gasteiger charge is -2.27. The predicted molar refractivity (Wildman–Crippen MR) is 130 cm³/mol. The minimum absolute atomic E-state index is 0.160. The maximum absolute atomic E-state index is 13.7. The first-order valence-electron chi connectivity index (χ1n) is 11.7. The second kappa shape index (κ2) is 9.45. The first-order chi connectivity index (χ1) is 17.3. The number of urea groups is 1. The van der Waals surface area contributed by atoms with Crippen molar-refractivity contribution in [3.05, 3.63) is 64.7 Å². The third-order valence-electron chi connectivity index (χ3n) is 6.33. The average molecular weight is 515 g/mol. The number of carbonyl (C=O) groups is 4. The number of amides is 5. The van der Waals surface area contributed by atoms with Gasteiger partial charge in [0.1, 0.15) is 29.3 Å². The SMILES string of the molecule is CN1C(=O)NC(=O)C12Cc1ccc(NC(=O)CN(Cc3cc(F)cc(F)c3)C(=O)OC(C)(C)C)cc1C2. The molecule has 4 rings (SSSR count). The van der Waals surface area contributed by atoms with Crippen LogP contribution in [-0.2, 0) is 33.7 Å². The van der Waals surface area contributed by atoms with E-state index in [4.69, 9.17) is 4.74 Å². The van der Waals surface area contributed by atoms with Crippen molar-refractivity contribution in [1.29, 1.82) is 0 Å². The van der Waals surface area contributed by atoms with Crippen molar-refractivity contribution < 1.29 is 32.7 Å². The zero-order valence-electron chi connectivity index (χ0n) is 21.0. The lowest BCUT2D eigenvalue weighted by molar-refractivity contribution is -0.125. The number of benzene rings is 2. The average Bonchev–Trinajstić information content (AvgIpc) is 3.24. The molecule has 2 aromatic carbocycles. The summed E-state index contributed by atoms with van der Waals surface area (Å²) in [4.78, 5) is 52.6. The highest BCUT2D eigenvalue weighted by atomic mass is 19.1. The van der Waals surface area contributed by atoms with E-state index in [1.54, 1.807) is 46.0 Å². The number of nitrogens with one attached hydrogen (secondary N) is 2. The molecule has 1 fully saturated rings. The maximum atomic E-state index is 13.7. The molecule has 11 heteroatoms. The number of hydrogen-bond acceptors (Lipinski definition) is 5. The number of fused-ring (bicyclic) bond motifs is 1. The Kier molecular flexibility index (Phi) is 6.66. The molecule has 9 nitrogen and oxygen atoms in total. The normalized spacial score (nSPS) is 18.6. The summed E-state index contributed by atoms with van der Waals surface area (Å²) in [6.45, 7) is 4.31. The van der Waals surface area contributed by atoms with Gasteiger partial charge < -0.3 is 15.0 Å². The van der Waals surface area contributed by atoms with Crippen molar-refractivity contribution in [2.45, 2.75) is 51.3 Å². The van der Waals surface area contributed by atoms with E-state index in [0.29, 0.717) is 18.5 Å². The van der Waals surface area contributed by atoms with Crippen molar-refractivity contribution >= 4 is 29.6 Å². The lowest BCUT2D eigenvalue weighted by Crippen LogP contribution is -2.48. The van der Waals surface area contributed by atoms with E-state index in [9.17, 15) is 28.0 Å². The second-order valence-electron chi connectivity index (χ2n) is 10.3. The summed E-state index contributed by atoms with van der Waals surface area (Å²) in [7, 11) is 1.57. The monoisotopic (exact) mass is 514 g/mol. The molecule has 2 aliphatic rings. The van der Waals surface area contributed by atoms with Crippen LogP contribution in [0.3, 0.4) is 0 Å². The van der Waals surface area contributed by atoms with Gasteiger partial charge in [-0.1, -0.05) is 6.07 Å². The molecule has 1 aliphatic carbocycles. The lowest BCUT2D eigenvalue weighted by atomic mass is 9.95. The Balaban J connectivity index is 1.48. The molecule has 1 spiro atoms. The number of ether oxygens (including phenoxy) is 1. The Labute approximate surface area is 212 Å². The number of halogens is 2. The van der Waals surface area contributed by atoms with Crippen LogP contribution in [0.15, 0.2) is 36.4 Å². The molecular formula is C26H28F2N4O5. The van der Waals surface area contributed by atoms with E-state index in [0.717, 1.165) is 34.2 Å². The number of nitrogens with zero attached hydrogens (tertiary/aromatic N) is 2. The van der Waals surface area contributed by atoms with Crippen LogP contribution in [0.5, 0.6) is 0 Å². The highest BCUT2D eigenvalue weighted by Crippen LogP contribution is 2.38. The molecule has 2 aromatic rings. The van der Waals surface area contributed by atoms with Crippen molar-refractivity contribution in [2.24, 2.45) is 0 Å². The number of imide groups is 1. The van der Waals surface area contributed by atoms with Gasteiger partial charge in [0, 0.05) is 38.2 Å². The van der Waals surface area contributed by atoms with E-state index < -0.39 is 47.4 Å². The van der Waals surface area contributed by atoms with Gasteiger partial charge >= 0.3 is 12.1 Å². The zero-order valence-corrected chi connectivity index (χ0v) is 21.0. The van der Waals surface area contributed by atoms with Gasteiger partial charge in [0.25, 0.3) is 5.91 Å². The summed E-state index contributed by atoms with van der Waals surface area (Å²) in [6, 6.07) is 7.60. The van der Waals surface area contributed by atoms with Gasteiger partial charge in [-0.3, -0.25) is 19.8 Å². The van der Waals surface area contributed by atoms with Gasteiger partial charge in [0.05, 0.1) is 0 Å². The predicted octanol–water partition coefficient (Wildman–Crippen LogP) is 3.36. The number of carbonyl (C=O) groups excluding carboxylic acids is 4. The Morgan fingerprint density at radius 2 is 1.73 bits per heavy atom. The fourth-order valence-electron chi connectivity index (χ4n) is 4.58. The minimum Gasteiger partial charge on any atom is -0.444 e. The Morgan fingerprint density at radius 1 is 1.08 bits per heavy atom. The number of anilines is 1. The topological polar surface area (TPSA) is 108 Å². The molecule has 37 heavy (non-hydrogen) atoms. The standard InChI is InChI=1S/C26H28F2N4O5/c1-25(2,3)37-24(36)32(13-15-7-18(27)10-19(28)8-15)14-21(33)29-20-6-5-16-11-26(12-17(16)9-20)22(34)30-23(35)31(26)4/h5-10H,11-14H2,1-4H3,(H,29,33)(H,30,34,35). The first kappa shape index (κ1) is 26.1. The van der Waals surface area contributed by atoms with Gasteiger partial charge in [0.15, 0.2) is 0 Å². The van der Waals surface area contributed by atoms with E-state index in [2.05, 4.69) is 10.6 Å². The van der Waals surface area contributed by atoms with Crippen LogP contribution in [0.1, 0.15) is 37.5 Å². The van der Waals surface area contributed by atoms with Crippen molar-refractivity contribution in [1.82, 2.24) is 15.1 Å². The quantitative estimate of drug-likeness (QED) is 0.595. The molecule has 1 unspecified atom stereocenters. The van der Waals surface area contributed by atoms with Crippen LogP contribution in [0.2, 0.25) is 0 Å². The zero-order chi connectivity index (χ0) is 27.1. The maximum Gasteiger partial charge on any atom is 0.411 e. The van der Waals surface area contributed by atoms with Crippen molar-refractivity contribution in [3.63, 3.8) is 0 Å². The highest BCUT2D eigenvalue weighted by molar-refractivity contribution is 6.07. The van der Waals surface area contributed by atoms with Gasteiger partial charge in [-0.05, 0) is 61.7 Å². The summed E-state index contributed by atoms with van der Waals surface area (Å²) in [6.07, 6.45) is -0.153. The molecule has 2 N–H and O–H groups in total. The smallest absolute Gasteiger partial charge is 0.411 e. The number of likely N-dealkylation sites (N-methyl/N-ethyl adjacent to an activating group) is 1. The molecule has 0 saturated carbocycles. The van der Waals surface area contributed by atoms with Crippen LogP contribution in [0.25, 0.3) is 0 Å². The van der Waals surface area contributed by atoms with E-state index in [-0.39, 0.29) is 18.0 Å². The first-order valence-corrected chi connectivity index (χ1v) is 11.7. The third kappa shape index (κ3) is 5.55. The van der Waals surface area contributed by atoms with Crippen LogP contribution >= 0.6 is 0 Å². The molecule has 5 amide bonds. The summed E-state index contributed by atoms with van der Waals surface area (Å²) in [5.74, 6) is -2.52. The molecule has 1 heterocycles. The molecule has 196 valence electrons. The summed E-state index contributed by atoms with van der Waals surface area (Å²) >= 11 is 0. The van der Waals surface area contributed by atoms with Crippen LogP contribution < -0.4 is 10.6 Å². The van der Waals surface area contributed by atoms with Crippen LogP contribution in [0, 0.1) is 11.6 Å². The van der Waals surface area contributed by atoms with Gasteiger partial charge in [-0.15, -0.1) is 0 Å². The van der Waals surface area contributed by atoms with Crippen LogP contribution in [0.4, 0.5) is 24.1 Å². The Hall–Kier alpha value is -4.02. The molecule has 1 saturated heterocycles. The number of rotatable bonds is 5. The molecule has 0 aromatic heterocycles. The van der Waals surface area contributed by atoms with E-state index in [1.165, 1.54) is 4.90 Å². The fraction of sp³-hybridized carbons (Fsp3) is 0.385. The number of hydrogen-bond donors (Lipinski definition) is 2. The minimum atomic E-state index is -0.990. The second-order valence-corrected chi connectivity index (χ2v) is 10.3. The largest absolute Gasteiger partial charge is 0.444 e. The molecule has 0 bridgehead atoms.